The summed E-state index contributed by atoms with van der Waals surface area (Å²) in [5.74, 6) is 2.35. The molecule has 0 bridgehead atoms. The second-order valence-electron chi connectivity index (χ2n) is 7.50. The van der Waals surface area contributed by atoms with E-state index >= 15 is 0 Å². The molecule has 1 aromatic heterocycles. The molecular formula is C24H29N3O3S. The zero-order valence-electron chi connectivity index (χ0n) is 18.3. The van der Waals surface area contributed by atoms with Crippen molar-refractivity contribution in [1.82, 2.24) is 9.88 Å². The molecule has 0 amide bonds. The average molecular weight is 440 g/mol. The number of para-hydroxylation sites is 1. The molecule has 164 valence electrons. The van der Waals surface area contributed by atoms with Gasteiger partial charge in [0.05, 0.1) is 32.6 Å². The van der Waals surface area contributed by atoms with Crippen molar-refractivity contribution in [3.8, 4) is 27.8 Å². The summed E-state index contributed by atoms with van der Waals surface area (Å²) < 4.78 is 16.3. The molecule has 0 N–H and O–H groups in total. The summed E-state index contributed by atoms with van der Waals surface area (Å²) in [4.78, 5) is 9.84. The van der Waals surface area contributed by atoms with Gasteiger partial charge in [0, 0.05) is 43.8 Å². The van der Waals surface area contributed by atoms with Gasteiger partial charge in [0.2, 0.25) is 0 Å². The number of methoxy groups -OCH3 is 3. The maximum atomic E-state index is 5.58. The van der Waals surface area contributed by atoms with Gasteiger partial charge >= 0.3 is 0 Å². The fourth-order valence-corrected chi connectivity index (χ4v) is 4.80. The van der Waals surface area contributed by atoms with E-state index in [0.717, 1.165) is 72.7 Å². The lowest BCUT2D eigenvalue weighted by atomic mass is 10.2. The van der Waals surface area contributed by atoms with Gasteiger partial charge in [-0.3, -0.25) is 4.90 Å². The van der Waals surface area contributed by atoms with Gasteiger partial charge in [-0.1, -0.05) is 6.07 Å². The number of thiazole rings is 1. The van der Waals surface area contributed by atoms with Crippen molar-refractivity contribution < 1.29 is 14.2 Å². The van der Waals surface area contributed by atoms with E-state index in [0.29, 0.717) is 0 Å². The molecule has 0 unspecified atom stereocenters. The minimum absolute atomic E-state index is 0.725. The highest BCUT2D eigenvalue weighted by molar-refractivity contribution is 7.13. The summed E-state index contributed by atoms with van der Waals surface area (Å²) in [6, 6.07) is 14.3. The lowest BCUT2D eigenvalue weighted by Crippen LogP contribution is -2.30. The second kappa shape index (κ2) is 10.0. The van der Waals surface area contributed by atoms with Gasteiger partial charge in [-0.15, -0.1) is 11.3 Å². The molecule has 1 aliphatic heterocycles. The topological polar surface area (TPSA) is 47.1 Å². The van der Waals surface area contributed by atoms with Crippen LogP contribution in [0, 0.1) is 0 Å². The van der Waals surface area contributed by atoms with Gasteiger partial charge in [-0.05, 0) is 42.8 Å². The van der Waals surface area contributed by atoms with Crippen LogP contribution in [0.5, 0.6) is 17.2 Å². The number of hydrogen-bond acceptors (Lipinski definition) is 7. The molecular weight excluding hydrogens is 410 g/mol. The van der Waals surface area contributed by atoms with E-state index in [1.165, 1.54) is 5.69 Å². The molecule has 7 heteroatoms. The summed E-state index contributed by atoms with van der Waals surface area (Å²) in [6.45, 7) is 5.02. The maximum absolute atomic E-state index is 5.58. The van der Waals surface area contributed by atoms with Crippen molar-refractivity contribution in [3.05, 3.63) is 53.5 Å². The quantitative estimate of drug-likeness (QED) is 0.538. The number of rotatable bonds is 7. The molecule has 31 heavy (non-hydrogen) atoms. The van der Waals surface area contributed by atoms with Crippen LogP contribution >= 0.6 is 11.3 Å². The number of benzene rings is 2. The number of anilines is 1. The Hall–Kier alpha value is -2.77. The van der Waals surface area contributed by atoms with Crippen LogP contribution < -0.4 is 19.1 Å². The molecule has 1 fully saturated rings. The minimum Gasteiger partial charge on any atom is -0.497 e. The largest absolute Gasteiger partial charge is 0.497 e. The zero-order valence-corrected chi connectivity index (χ0v) is 19.2. The van der Waals surface area contributed by atoms with Crippen LogP contribution in [0.2, 0.25) is 0 Å². The van der Waals surface area contributed by atoms with E-state index in [4.69, 9.17) is 19.2 Å². The molecule has 0 spiro atoms. The van der Waals surface area contributed by atoms with Gasteiger partial charge in [0.25, 0.3) is 0 Å². The number of aromatic nitrogens is 1. The highest BCUT2D eigenvalue weighted by atomic mass is 32.1. The third kappa shape index (κ3) is 4.94. The van der Waals surface area contributed by atoms with Crippen molar-refractivity contribution in [2.75, 3.05) is 52.4 Å². The first-order chi connectivity index (χ1) is 15.2. The third-order valence-electron chi connectivity index (χ3n) is 5.60. The molecule has 0 aliphatic carbocycles. The van der Waals surface area contributed by atoms with Gasteiger partial charge < -0.3 is 19.1 Å². The van der Waals surface area contributed by atoms with E-state index < -0.39 is 0 Å². The average Bonchev–Trinajstić information content (AvgIpc) is 3.16. The molecule has 0 radical (unpaired) electrons. The van der Waals surface area contributed by atoms with Crippen LogP contribution in [0.1, 0.15) is 12.1 Å². The van der Waals surface area contributed by atoms with Crippen LogP contribution in [0.15, 0.2) is 47.8 Å². The summed E-state index contributed by atoms with van der Waals surface area (Å²) >= 11 is 1.65. The minimum atomic E-state index is 0.725. The fourth-order valence-electron chi connectivity index (χ4n) is 3.97. The first-order valence-corrected chi connectivity index (χ1v) is 11.4. The Labute approximate surface area is 188 Å². The van der Waals surface area contributed by atoms with Crippen molar-refractivity contribution in [1.29, 1.82) is 0 Å². The first-order valence-electron chi connectivity index (χ1n) is 10.5. The summed E-state index contributed by atoms with van der Waals surface area (Å²) in [5.41, 5.74) is 3.33. The Morgan fingerprint density at radius 2 is 1.74 bits per heavy atom. The molecule has 4 rings (SSSR count). The predicted molar refractivity (Wildman–Crippen MR) is 126 cm³/mol. The molecule has 6 nitrogen and oxygen atoms in total. The molecule has 0 saturated carbocycles. The molecule has 1 saturated heterocycles. The van der Waals surface area contributed by atoms with E-state index in [-0.39, 0.29) is 0 Å². The van der Waals surface area contributed by atoms with Gasteiger partial charge in [0.1, 0.15) is 10.8 Å². The third-order valence-corrected chi connectivity index (χ3v) is 6.52. The maximum Gasteiger partial charge on any atom is 0.170 e. The van der Waals surface area contributed by atoms with Crippen LogP contribution in [-0.2, 0) is 6.54 Å². The van der Waals surface area contributed by atoms with Crippen molar-refractivity contribution in [3.63, 3.8) is 0 Å². The van der Waals surface area contributed by atoms with Gasteiger partial charge in [0.15, 0.2) is 11.5 Å². The lowest BCUT2D eigenvalue weighted by molar-refractivity contribution is 0.282. The Morgan fingerprint density at radius 3 is 2.48 bits per heavy atom. The van der Waals surface area contributed by atoms with E-state index in [1.54, 1.807) is 32.7 Å². The molecule has 0 atom stereocenters. The lowest BCUT2D eigenvalue weighted by Gasteiger charge is -2.23. The highest BCUT2D eigenvalue weighted by Gasteiger charge is 2.18. The zero-order chi connectivity index (χ0) is 21.6. The van der Waals surface area contributed by atoms with E-state index in [2.05, 4.69) is 27.3 Å². The van der Waals surface area contributed by atoms with E-state index in [1.807, 2.05) is 30.3 Å². The van der Waals surface area contributed by atoms with Crippen molar-refractivity contribution >= 4 is 17.0 Å². The normalized spacial score (nSPS) is 14.9. The number of hydrogen-bond donors (Lipinski definition) is 0. The molecule has 2 heterocycles. The smallest absolute Gasteiger partial charge is 0.170 e. The van der Waals surface area contributed by atoms with E-state index in [9.17, 15) is 0 Å². The van der Waals surface area contributed by atoms with Gasteiger partial charge in [-0.25, -0.2) is 4.98 Å². The van der Waals surface area contributed by atoms with Gasteiger partial charge in [-0.2, -0.15) is 0 Å². The highest BCUT2D eigenvalue weighted by Crippen LogP contribution is 2.39. The molecule has 3 aromatic rings. The number of nitrogens with zero attached hydrogens (tertiary/aromatic N) is 3. The van der Waals surface area contributed by atoms with Crippen molar-refractivity contribution in [2.24, 2.45) is 0 Å². The standard InChI is InChI=1S/C24H29N3O3S/c1-28-20-10-8-19(9-11-20)27-13-5-12-26(14-15-27)16-18-17-31-24(25-18)21-6-4-7-22(29-2)23(21)30-3/h4,6-11,17H,5,12-16H2,1-3H3. The summed E-state index contributed by atoms with van der Waals surface area (Å²) in [7, 11) is 5.03. The SMILES string of the molecule is COc1ccc(N2CCCN(Cc3csc(-c4cccc(OC)c4OC)n3)CC2)cc1. The Balaban J connectivity index is 1.41. The first kappa shape index (κ1) is 21.5. The Kier molecular flexibility index (Phi) is 6.94. The van der Waals surface area contributed by atoms with Crippen molar-refractivity contribution in [2.45, 2.75) is 13.0 Å². The predicted octanol–water partition coefficient (Wildman–Crippen LogP) is 4.55. The molecule has 2 aromatic carbocycles. The Bertz CT molecular complexity index is 990. The second-order valence-corrected chi connectivity index (χ2v) is 8.36. The van der Waals surface area contributed by atoms with Crippen LogP contribution in [0.4, 0.5) is 5.69 Å². The number of ether oxygens (including phenoxy) is 3. The van der Waals surface area contributed by atoms with Crippen LogP contribution in [0.3, 0.4) is 0 Å². The van der Waals surface area contributed by atoms with Crippen LogP contribution in [0.25, 0.3) is 10.6 Å². The summed E-state index contributed by atoms with van der Waals surface area (Å²) in [5, 5.41) is 3.11. The molecule has 1 aliphatic rings. The fraction of sp³-hybridized carbons (Fsp3) is 0.375. The summed E-state index contributed by atoms with van der Waals surface area (Å²) in [6.07, 6.45) is 1.13. The Morgan fingerprint density at radius 1 is 0.903 bits per heavy atom. The monoisotopic (exact) mass is 439 g/mol. The van der Waals surface area contributed by atoms with Crippen LogP contribution in [-0.4, -0.2) is 57.4 Å².